The minimum atomic E-state index is -1.02. The van der Waals surface area contributed by atoms with Gasteiger partial charge in [-0.3, -0.25) is 0 Å². The maximum atomic E-state index is 11.2. The van der Waals surface area contributed by atoms with Gasteiger partial charge in [0.2, 0.25) is 0 Å². The van der Waals surface area contributed by atoms with Crippen molar-refractivity contribution in [3.05, 3.63) is 34.3 Å². The molecule has 0 amide bonds. The van der Waals surface area contributed by atoms with E-state index >= 15 is 0 Å². The molecule has 0 bridgehead atoms. The molecule has 5 nitrogen and oxygen atoms in total. The molecule has 0 saturated carbocycles. The van der Waals surface area contributed by atoms with Gasteiger partial charge in [-0.15, -0.1) is 0 Å². The van der Waals surface area contributed by atoms with E-state index in [4.69, 9.17) is 9.84 Å². The summed E-state index contributed by atoms with van der Waals surface area (Å²) in [5.41, 5.74) is 0.701. The third-order valence-corrected chi connectivity index (χ3v) is 2.83. The molecule has 1 aromatic carbocycles. The van der Waals surface area contributed by atoms with E-state index in [1.807, 2.05) is 0 Å². The first-order valence-corrected chi connectivity index (χ1v) is 6.18. The van der Waals surface area contributed by atoms with Gasteiger partial charge in [0, 0.05) is 6.08 Å². The monoisotopic (exact) mass is 328 g/mol. The first-order chi connectivity index (χ1) is 8.93. The number of rotatable bonds is 5. The smallest absolute Gasteiger partial charge is 0.346 e. The second-order valence-corrected chi connectivity index (χ2v) is 4.50. The SMILES string of the molecule is COC(=O)C(C)Oc1ccc(/C=C/C(=O)O)cc1Br. The van der Waals surface area contributed by atoms with Crippen molar-refractivity contribution >= 4 is 33.9 Å². The van der Waals surface area contributed by atoms with Crippen LogP contribution >= 0.6 is 15.9 Å². The molecule has 0 aliphatic carbocycles. The Balaban J connectivity index is 2.83. The summed E-state index contributed by atoms with van der Waals surface area (Å²) >= 11 is 3.30. The van der Waals surface area contributed by atoms with E-state index in [-0.39, 0.29) is 0 Å². The summed E-state index contributed by atoms with van der Waals surface area (Å²) in [4.78, 5) is 21.6. The van der Waals surface area contributed by atoms with Gasteiger partial charge >= 0.3 is 11.9 Å². The van der Waals surface area contributed by atoms with Crippen LogP contribution < -0.4 is 4.74 Å². The van der Waals surface area contributed by atoms with Crippen molar-refractivity contribution in [2.24, 2.45) is 0 Å². The van der Waals surface area contributed by atoms with E-state index in [1.165, 1.54) is 13.2 Å². The molecule has 0 saturated heterocycles. The maximum Gasteiger partial charge on any atom is 0.346 e. The summed E-state index contributed by atoms with van der Waals surface area (Å²) in [5.74, 6) is -1.01. The normalized spacial score (nSPS) is 12.2. The average Bonchev–Trinajstić information content (AvgIpc) is 2.38. The minimum Gasteiger partial charge on any atom is -0.478 e. The quantitative estimate of drug-likeness (QED) is 0.664. The molecule has 102 valence electrons. The number of hydrogen-bond acceptors (Lipinski definition) is 4. The number of esters is 1. The standard InChI is InChI=1S/C13H13BrO5/c1-8(13(17)18-2)19-11-5-3-9(7-10(11)14)4-6-12(15)16/h3-8H,1-2H3,(H,15,16)/b6-4+. The lowest BCUT2D eigenvalue weighted by Gasteiger charge is -2.13. The van der Waals surface area contributed by atoms with Gasteiger partial charge in [-0.05, 0) is 46.6 Å². The van der Waals surface area contributed by atoms with E-state index in [0.29, 0.717) is 15.8 Å². The molecule has 1 unspecified atom stereocenters. The molecule has 6 heteroatoms. The minimum absolute atomic E-state index is 0.471. The van der Waals surface area contributed by atoms with Gasteiger partial charge < -0.3 is 14.6 Å². The highest BCUT2D eigenvalue weighted by molar-refractivity contribution is 9.10. The molecule has 0 aromatic heterocycles. The first-order valence-electron chi connectivity index (χ1n) is 5.39. The Bertz CT molecular complexity index is 510. The van der Waals surface area contributed by atoms with E-state index in [9.17, 15) is 9.59 Å². The summed E-state index contributed by atoms with van der Waals surface area (Å²) in [5, 5.41) is 8.53. The summed E-state index contributed by atoms with van der Waals surface area (Å²) < 4.78 is 10.6. The van der Waals surface area contributed by atoms with Gasteiger partial charge in [0.05, 0.1) is 11.6 Å². The molecule has 1 aromatic rings. The fourth-order valence-electron chi connectivity index (χ4n) is 1.29. The fraction of sp³-hybridized carbons (Fsp3) is 0.231. The Kier molecular flexibility index (Phi) is 5.57. The molecule has 0 radical (unpaired) electrons. The second kappa shape index (κ2) is 6.94. The molecule has 0 spiro atoms. The topological polar surface area (TPSA) is 72.8 Å². The lowest BCUT2D eigenvalue weighted by molar-refractivity contribution is -0.148. The Hall–Kier alpha value is -1.82. The van der Waals surface area contributed by atoms with Crippen molar-refractivity contribution < 1.29 is 24.2 Å². The second-order valence-electron chi connectivity index (χ2n) is 3.64. The number of halogens is 1. The van der Waals surface area contributed by atoms with E-state index in [0.717, 1.165) is 6.08 Å². The van der Waals surface area contributed by atoms with Crippen LogP contribution in [0.5, 0.6) is 5.75 Å². The molecular weight excluding hydrogens is 316 g/mol. The van der Waals surface area contributed by atoms with Crippen molar-refractivity contribution in [3.63, 3.8) is 0 Å². The van der Waals surface area contributed by atoms with E-state index in [1.54, 1.807) is 25.1 Å². The maximum absolute atomic E-state index is 11.2. The van der Waals surface area contributed by atoms with Crippen molar-refractivity contribution in [1.29, 1.82) is 0 Å². The predicted molar refractivity (Wildman–Crippen MR) is 72.9 cm³/mol. The van der Waals surface area contributed by atoms with Crippen LogP contribution in [-0.2, 0) is 14.3 Å². The van der Waals surface area contributed by atoms with Crippen molar-refractivity contribution in [2.75, 3.05) is 7.11 Å². The zero-order chi connectivity index (χ0) is 14.4. The fourth-order valence-corrected chi connectivity index (χ4v) is 1.78. The molecule has 1 rings (SSSR count). The van der Waals surface area contributed by atoms with E-state index in [2.05, 4.69) is 20.7 Å². The summed E-state index contributed by atoms with van der Waals surface area (Å²) in [6.07, 6.45) is 1.78. The third kappa shape index (κ3) is 4.75. The summed E-state index contributed by atoms with van der Waals surface area (Å²) in [6.45, 7) is 1.58. The highest BCUT2D eigenvalue weighted by Gasteiger charge is 2.16. The van der Waals surface area contributed by atoms with Gasteiger partial charge in [-0.2, -0.15) is 0 Å². The molecule has 0 heterocycles. The summed E-state index contributed by atoms with van der Waals surface area (Å²) in [7, 11) is 1.29. The van der Waals surface area contributed by atoms with Crippen LogP contribution in [-0.4, -0.2) is 30.3 Å². The number of benzene rings is 1. The van der Waals surface area contributed by atoms with Crippen LogP contribution in [0.25, 0.3) is 6.08 Å². The zero-order valence-electron chi connectivity index (χ0n) is 10.4. The van der Waals surface area contributed by atoms with Crippen LogP contribution in [0.2, 0.25) is 0 Å². The number of carbonyl (C=O) groups excluding carboxylic acids is 1. The molecular formula is C13H13BrO5. The van der Waals surface area contributed by atoms with Crippen LogP contribution in [0.1, 0.15) is 12.5 Å². The predicted octanol–water partition coefficient (Wildman–Crippen LogP) is 2.49. The van der Waals surface area contributed by atoms with Crippen LogP contribution in [0.3, 0.4) is 0 Å². The van der Waals surface area contributed by atoms with Crippen LogP contribution in [0.4, 0.5) is 0 Å². The first kappa shape index (κ1) is 15.2. The Morgan fingerprint density at radius 1 is 1.42 bits per heavy atom. The lowest BCUT2D eigenvalue weighted by Crippen LogP contribution is -2.25. The number of ether oxygens (including phenoxy) is 2. The number of carboxylic acid groups (broad SMARTS) is 1. The Labute approximate surface area is 119 Å². The number of hydrogen-bond donors (Lipinski definition) is 1. The van der Waals surface area contributed by atoms with Crippen molar-refractivity contribution in [2.45, 2.75) is 13.0 Å². The molecule has 0 aliphatic rings. The Morgan fingerprint density at radius 3 is 2.63 bits per heavy atom. The van der Waals surface area contributed by atoms with Crippen molar-refractivity contribution in [1.82, 2.24) is 0 Å². The Morgan fingerprint density at radius 2 is 2.11 bits per heavy atom. The number of aliphatic carboxylic acids is 1. The highest BCUT2D eigenvalue weighted by Crippen LogP contribution is 2.27. The largest absolute Gasteiger partial charge is 0.478 e. The van der Waals surface area contributed by atoms with Gasteiger partial charge in [0.1, 0.15) is 5.75 Å². The molecule has 0 fully saturated rings. The van der Waals surface area contributed by atoms with Crippen LogP contribution in [0.15, 0.2) is 28.7 Å². The van der Waals surface area contributed by atoms with E-state index < -0.39 is 18.0 Å². The zero-order valence-corrected chi connectivity index (χ0v) is 12.0. The molecule has 1 N–H and O–H groups in total. The average molecular weight is 329 g/mol. The lowest BCUT2D eigenvalue weighted by atomic mass is 10.2. The third-order valence-electron chi connectivity index (χ3n) is 2.21. The highest BCUT2D eigenvalue weighted by atomic mass is 79.9. The van der Waals surface area contributed by atoms with Crippen LogP contribution in [0, 0.1) is 0 Å². The van der Waals surface area contributed by atoms with Crippen molar-refractivity contribution in [3.8, 4) is 5.75 Å². The number of methoxy groups -OCH3 is 1. The van der Waals surface area contributed by atoms with Gasteiger partial charge in [-0.1, -0.05) is 6.07 Å². The molecule has 0 aliphatic heterocycles. The molecule has 1 atom stereocenters. The number of carbonyl (C=O) groups is 2. The summed E-state index contributed by atoms with van der Waals surface area (Å²) in [6, 6.07) is 5.02. The molecule has 19 heavy (non-hydrogen) atoms. The van der Waals surface area contributed by atoms with Gasteiger partial charge in [0.25, 0.3) is 0 Å². The number of carboxylic acids is 1. The van der Waals surface area contributed by atoms with Gasteiger partial charge in [0.15, 0.2) is 6.10 Å². The van der Waals surface area contributed by atoms with Gasteiger partial charge in [-0.25, -0.2) is 9.59 Å².